The van der Waals surface area contributed by atoms with Gasteiger partial charge in [-0.1, -0.05) is 37.3 Å². The number of alkyl carbamates (subject to hydrolysis) is 1. The molecule has 0 bridgehead atoms. The molecule has 1 amide bonds. The number of hydrogen-bond donors (Lipinski definition) is 1. The zero-order chi connectivity index (χ0) is 17.1. The molecule has 0 spiro atoms. The molecule has 8 heteroatoms. The first-order chi connectivity index (χ1) is 11.1. The Balaban J connectivity index is 2.59. The minimum atomic E-state index is -0.768. The topological polar surface area (TPSA) is 90.9 Å². The summed E-state index contributed by atoms with van der Waals surface area (Å²) >= 11 is 0. The van der Waals surface area contributed by atoms with Crippen LogP contribution >= 0.6 is 8.69 Å². The van der Waals surface area contributed by atoms with Crippen LogP contribution in [0.25, 0.3) is 0 Å². The third-order valence-electron chi connectivity index (χ3n) is 3.25. The van der Waals surface area contributed by atoms with E-state index in [1.54, 1.807) is 6.92 Å². The van der Waals surface area contributed by atoms with E-state index < -0.39 is 32.7 Å². The van der Waals surface area contributed by atoms with Crippen LogP contribution in [-0.4, -0.2) is 31.8 Å². The summed E-state index contributed by atoms with van der Waals surface area (Å²) in [5.74, 6) is -1.32. The molecule has 0 radical (unpaired) electrons. The molecule has 0 aliphatic heterocycles. The molecule has 0 saturated carbocycles. The molecular weight excluding hydrogens is 321 g/mol. The van der Waals surface area contributed by atoms with Gasteiger partial charge in [-0.05, 0) is 12.0 Å². The molecule has 1 N–H and O–H groups in total. The summed E-state index contributed by atoms with van der Waals surface area (Å²) in [6.07, 6.45) is -0.187. The summed E-state index contributed by atoms with van der Waals surface area (Å²) in [6.45, 7) is 1.80. The predicted octanol–water partition coefficient (Wildman–Crippen LogP) is 2.70. The Kier molecular flexibility index (Phi) is 8.87. The van der Waals surface area contributed by atoms with Crippen molar-refractivity contribution < 1.29 is 28.2 Å². The second kappa shape index (κ2) is 10.7. The van der Waals surface area contributed by atoms with Crippen LogP contribution < -0.4 is 5.32 Å². The molecule has 23 heavy (non-hydrogen) atoms. The summed E-state index contributed by atoms with van der Waals surface area (Å²) in [5.41, 5.74) is 0.855. The van der Waals surface area contributed by atoms with Crippen LogP contribution in [0.5, 0.6) is 0 Å². The van der Waals surface area contributed by atoms with Gasteiger partial charge in [0.15, 0.2) is 0 Å². The number of amides is 1. The van der Waals surface area contributed by atoms with Crippen molar-refractivity contribution in [3.05, 3.63) is 35.9 Å². The van der Waals surface area contributed by atoms with Gasteiger partial charge in [0.2, 0.25) is 0 Å². The number of carbonyl (C=O) groups excluding carboxylic acids is 2. The van der Waals surface area contributed by atoms with E-state index in [0.717, 1.165) is 5.56 Å². The van der Waals surface area contributed by atoms with E-state index >= 15 is 0 Å². The molecule has 1 rings (SSSR count). The fourth-order valence-corrected chi connectivity index (χ4v) is 2.24. The van der Waals surface area contributed by atoms with Crippen molar-refractivity contribution in [1.82, 2.24) is 5.32 Å². The normalized spacial score (nSPS) is 13.1. The highest BCUT2D eigenvalue weighted by molar-refractivity contribution is 7.17. The molecule has 0 heterocycles. The van der Waals surface area contributed by atoms with Crippen LogP contribution in [0, 0.1) is 5.92 Å². The molecule has 2 atom stereocenters. The zero-order valence-electron chi connectivity index (χ0n) is 13.1. The number of benzene rings is 1. The van der Waals surface area contributed by atoms with Crippen LogP contribution in [0.4, 0.5) is 4.79 Å². The second-order valence-corrected chi connectivity index (χ2v) is 5.13. The number of hydrogen-bond acceptors (Lipinski definition) is 6. The Bertz CT molecular complexity index is 510. The Morgan fingerprint density at radius 3 is 2.52 bits per heavy atom. The molecule has 0 aromatic heterocycles. The van der Waals surface area contributed by atoms with Gasteiger partial charge in [-0.15, -0.1) is 0 Å². The average molecular weight is 341 g/mol. The quantitative estimate of drug-likeness (QED) is 0.548. The van der Waals surface area contributed by atoms with Gasteiger partial charge in [0.25, 0.3) is 0 Å². The minimum absolute atomic E-state index is 0.127. The van der Waals surface area contributed by atoms with Gasteiger partial charge in [0.05, 0.1) is 13.7 Å². The average Bonchev–Trinajstić information content (AvgIpc) is 2.59. The maximum absolute atomic E-state index is 11.9. The third-order valence-corrected chi connectivity index (χ3v) is 3.51. The first-order valence-corrected chi connectivity index (χ1v) is 7.85. The van der Waals surface area contributed by atoms with Gasteiger partial charge in [0, 0.05) is 6.04 Å². The van der Waals surface area contributed by atoms with E-state index in [4.69, 9.17) is 9.26 Å². The number of methoxy groups -OCH3 is 1. The maximum atomic E-state index is 11.9. The van der Waals surface area contributed by atoms with Gasteiger partial charge in [-0.25, -0.2) is 9.36 Å². The van der Waals surface area contributed by atoms with Crippen LogP contribution in [0.3, 0.4) is 0 Å². The number of esters is 1. The molecule has 1 aromatic rings. The summed E-state index contributed by atoms with van der Waals surface area (Å²) in [4.78, 5) is 23.7. The van der Waals surface area contributed by atoms with Crippen LogP contribution in [-0.2, 0) is 30.0 Å². The summed E-state index contributed by atoms with van der Waals surface area (Å²) in [7, 11) is 0.703. The Labute approximate surface area is 136 Å². The second-order valence-electron chi connectivity index (χ2n) is 4.72. The highest BCUT2D eigenvalue weighted by Crippen LogP contribution is 2.14. The van der Waals surface area contributed by atoms with E-state index in [9.17, 15) is 14.2 Å². The Hall–Kier alpha value is -1.98. The van der Waals surface area contributed by atoms with Crippen LogP contribution in [0.2, 0.25) is 0 Å². The molecule has 0 saturated heterocycles. The fourth-order valence-electron chi connectivity index (χ4n) is 2.01. The SMILES string of the molecule is CCC(NC(=O)OCc1ccccc1)C(COP=O)C(=O)OC. The number of ether oxygens (including phenoxy) is 2. The van der Waals surface area contributed by atoms with Gasteiger partial charge in [0.1, 0.15) is 12.5 Å². The van der Waals surface area contributed by atoms with E-state index in [1.165, 1.54) is 7.11 Å². The molecule has 0 aliphatic carbocycles. The highest BCUT2D eigenvalue weighted by Gasteiger charge is 2.30. The zero-order valence-corrected chi connectivity index (χ0v) is 14.0. The lowest BCUT2D eigenvalue weighted by molar-refractivity contribution is -0.147. The van der Waals surface area contributed by atoms with E-state index in [1.807, 2.05) is 30.3 Å². The van der Waals surface area contributed by atoms with Crippen molar-refractivity contribution in [3.63, 3.8) is 0 Å². The molecule has 126 valence electrons. The molecular formula is C15H20NO6P. The number of rotatable bonds is 9. The predicted molar refractivity (Wildman–Crippen MR) is 82.9 cm³/mol. The Morgan fingerprint density at radius 1 is 1.26 bits per heavy atom. The van der Waals surface area contributed by atoms with E-state index in [0.29, 0.717) is 6.42 Å². The lowest BCUT2D eigenvalue weighted by Crippen LogP contribution is -2.45. The molecule has 0 aliphatic rings. The number of carbonyl (C=O) groups is 2. The van der Waals surface area contributed by atoms with Crippen molar-refractivity contribution in [2.24, 2.45) is 5.92 Å². The van der Waals surface area contributed by atoms with Gasteiger partial charge in [-0.3, -0.25) is 9.32 Å². The lowest BCUT2D eigenvalue weighted by Gasteiger charge is -2.23. The van der Waals surface area contributed by atoms with Crippen molar-refractivity contribution in [2.45, 2.75) is 26.0 Å². The Morgan fingerprint density at radius 2 is 1.96 bits per heavy atom. The fraction of sp³-hybridized carbons (Fsp3) is 0.467. The van der Waals surface area contributed by atoms with Gasteiger partial charge >= 0.3 is 20.7 Å². The van der Waals surface area contributed by atoms with Crippen molar-refractivity contribution in [3.8, 4) is 0 Å². The van der Waals surface area contributed by atoms with E-state index in [-0.39, 0.29) is 13.2 Å². The molecule has 0 fully saturated rings. The standard InChI is InChI=1S/C15H20NO6P/c1-3-13(12(10-22-23-19)14(17)20-2)16-15(18)21-9-11-7-5-4-6-8-11/h4-8,12-13H,3,9-10H2,1-2H3,(H,16,18). The lowest BCUT2D eigenvalue weighted by atomic mass is 9.99. The minimum Gasteiger partial charge on any atom is -0.469 e. The smallest absolute Gasteiger partial charge is 0.407 e. The highest BCUT2D eigenvalue weighted by atomic mass is 31.1. The summed E-state index contributed by atoms with van der Waals surface area (Å²) < 4.78 is 25.0. The summed E-state index contributed by atoms with van der Waals surface area (Å²) in [6, 6.07) is 8.68. The monoisotopic (exact) mass is 341 g/mol. The van der Waals surface area contributed by atoms with Crippen molar-refractivity contribution >= 4 is 20.7 Å². The van der Waals surface area contributed by atoms with Crippen molar-refractivity contribution in [2.75, 3.05) is 13.7 Å². The summed E-state index contributed by atoms with van der Waals surface area (Å²) in [5, 5.41) is 2.61. The first kappa shape index (κ1) is 19.1. The van der Waals surface area contributed by atoms with Crippen LogP contribution in [0.15, 0.2) is 30.3 Å². The molecule has 2 unspecified atom stereocenters. The maximum Gasteiger partial charge on any atom is 0.407 e. The van der Waals surface area contributed by atoms with Crippen LogP contribution in [0.1, 0.15) is 18.9 Å². The van der Waals surface area contributed by atoms with Gasteiger partial charge < -0.3 is 14.8 Å². The molecule has 7 nitrogen and oxygen atoms in total. The van der Waals surface area contributed by atoms with Crippen molar-refractivity contribution in [1.29, 1.82) is 0 Å². The first-order valence-electron chi connectivity index (χ1n) is 7.12. The molecule has 1 aromatic carbocycles. The largest absolute Gasteiger partial charge is 0.469 e. The number of nitrogens with one attached hydrogen (secondary N) is 1. The third kappa shape index (κ3) is 6.76. The van der Waals surface area contributed by atoms with E-state index in [2.05, 4.69) is 10.1 Å². The van der Waals surface area contributed by atoms with Gasteiger partial charge in [-0.2, -0.15) is 0 Å².